The molecule has 5 rings (SSSR count). The molecule has 4 aliphatic rings. The molecule has 0 aliphatic heterocycles. The summed E-state index contributed by atoms with van der Waals surface area (Å²) in [7, 11) is 1.62. The van der Waals surface area contributed by atoms with E-state index in [1.54, 1.807) is 13.2 Å². The van der Waals surface area contributed by atoms with E-state index >= 15 is 0 Å². The van der Waals surface area contributed by atoms with Gasteiger partial charge in [-0.25, -0.2) is 0 Å². The van der Waals surface area contributed by atoms with E-state index in [0.29, 0.717) is 23.7 Å². The molecule has 0 heterocycles. The standard InChI is InChI=1S/C20H27NO3/c1-3-24-18-9-16(4-5-17(18)23-2)19(22)21-20-10-13-6-14(11-20)8-15(7-13)12-20/h4-5,9,13-15H,3,6-8,10-12H2,1-2H3,(H,21,22). The van der Waals surface area contributed by atoms with Gasteiger partial charge in [0, 0.05) is 11.1 Å². The smallest absolute Gasteiger partial charge is 0.251 e. The molecule has 0 aromatic heterocycles. The fraction of sp³-hybridized carbons (Fsp3) is 0.650. The molecule has 1 amide bonds. The first-order chi connectivity index (χ1) is 11.6. The van der Waals surface area contributed by atoms with Crippen LogP contribution in [-0.2, 0) is 0 Å². The maximum Gasteiger partial charge on any atom is 0.251 e. The molecule has 24 heavy (non-hydrogen) atoms. The Morgan fingerprint density at radius 2 is 1.75 bits per heavy atom. The Morgan fingerprint density at radius 1 is 1.12 bits per heavy atom. The van der Waals surface area contributed by atoms with Gasteiger partial charge in [0.1, 0.15) is 0 Å². The number of carbonyl (C=O) groups is 1. The number of amides is 1. The topological polar surface area (TPSA) is 47.6 Å². The van der Waals surface area contributed by atoms with Crippen molar-refractivity contribution in [3.63, 3.8) is 0 Å². The van der Waals surface area contributed by atoms with E-state index in [1.165, 1.54) is 38.5 Å². The highest BCUT2D eigenvalue weighted by Gasteiger charge is 2.51. The number of nitrogens with one attached hydrogen (secondary N) is 1. The Morgan fingerprint density at radius 3 is 2.29 bits per heavy atom. The second-order valence-corrected chi connectivity index (χ2v) is 7.95. The molecular weight excluding hydrogens is 302 g/mol. The summed E-state index contributed by atoms with van der Waals surface area (Å²) in [6, 6.07) is 5.45. The highest BCUT2D eigenvalue weighted by atomic mass is 16.5. The van der Waals surface area contributed by atoms with E-state index in [1.807, 2.05) is 19.1 Å². The van der Waals surface area contributed by atoms with E-state index in [0.717, 1.165) is 17.8 Å². The Hall–Kier alpha value is -1.71. The van der Waals surface area contributed by atoms with Crippen LogP contribution >= 0.6 is 0 Å². The van der Waals surface area contributed by atoms with Crippen LogP contribution in [0, 0.1) is 17.8 Å². The van der Waals surface area contributed by atoms with Gasteiger partial charge in [-0.2, -0.15) is 0 Å². The van der Waals surface area contributed by atoms with Crippen LogP contribution in [0.25, 0.3) is 0 Å². The van der Waals surface area contributed by atoms with Gasteiger partial charge in [-0.1, -0.05) is 0 Å². The number of ether oxygens (including phenoxy) is 2. The van der Waals surface area contributed by atoms with Gasteiger partial charge >= 0.3 is 0 Å². The normalized spacial score (nSPS) is 33.3. The molecule has 4 aliphatic carbocycles. The zero-order chi connectivity index (χ0) is 16.7. The van der Waals surface area contributed by atoms with E-state index in [-0.39, 0.29) is 11.4 Å². The van der Waals surface area contributed by atoms with Crippen LogP contribution in [0.3, 0.4) is 0 Å². The summed E-state index contributed by atoms with van der Waals surface area (Å²) in [5.41, 5.74) is 0.701. The van der Waals surface area contributed by atoms with Gasteiger partial charge in [0.15, 0.2) is 11.5 Å². The number of hydrogen-bond donors (Lipinski definition) is 1. The number of rotatable bonds is 5. The van der Waals surface area contributed by atoms with Crippen LogP contribution in [0.15, 0.2) is 18.2 Å². The summed E-state index contributed by atoms with van der Waals surface area (Å²) in [5, 5.41) is 3.41. The molecule has 4 bridgehead atoms. The third-order valence-electron chi connectivity index (χ3n) is 6.14. The molecule has 0 spiro atoms. The van der Waals surface area contributed by atoms with Crippen molar-refractivity contribution in [1.29, 1.82) is 0 Å². The van der Waals surface area contributed by atoms with Gasteiger partial charge < -0.3 is 14.8 Å². The lowest BCUT2D eigenvalue weighted by Crippen LogP contribution is -2.59. The second-order valence-electron chi connectivity index (χ2n) is 7.95. The van der Waals surface area contributed by atoms with Crippen LogP contribution in [0.5, 0.6) is 11.5 Å². The van der Waals surface area contributed by atoms with Crippen molar-refractivity contribution >= 4 is 5.91 Å². The first kappa shape index (κ1) is 15.8. The Bertz CT molecular complexity index is 604. The summed E-state index contributed by atoms with van der Waals surface area (Å²) >= 11 is 0. The summed E-state index contributed by atoms with van der Waals surface area (Å²) in [4.78, 5) is 12.9. The predicted octanol–water partition coefficient (Wildman–Crippen LogP) is 3.79. The Labute approximate surface area is 143 Å². The summed E-state index contributed by atoms with van der Waals surface area (Å²) < 4.78 is 10.9. The average molecular weight is 329 g/mol. The maximum atomic E-state index is 12.9. The molecule has 4 heteroatoms. The largest absolute Gasteiger partial charge is 0.493 e. The molecule has 1 N–H and O–H groups in total. The highest BCUT2D eigenvalue weighted by Crippen LogP contribution is 2.55. The number of benzene rings is 1. The van der Waals surface area contributed by atoms with Crippen molar-refractivity contribution in [3.8, 4) is 11.5 Å². The maximum absolute atomic E-state index is 12.9. The fourth-order valence-electron chi connectivity index (χ4n) is 5.66. The minimum Gasteiger partial charge on any atom is -0.493 e. The van der Waals surface area contributed by atoms with Gasteiger partial charge in [0.05, 0.1) is 13.7 Å². The van der Waals surface area contributed by atoms with E-state index < -0.39 is 0 Å². The molecule has 1 aromatic carbocycles. The van der Waals surface area contributed by atoms with Crippen LogP contribution in [0.1, 0.15) is 55.8 Å². The van der Waals surface area contributed by atoms with Crippen LogP contribution < -0.4 is 14.8 Å². The van der Waals surface area contributed by atoms with Crippen molar-refractivity contribution in [2.75, 3.05) is 13.7 Å². The van der Waals surface area contributed by atoms with Gasteiger partial charge in [-0.3, -0.25) is 4.79 Å². The van der Waals surface area contributed by atoms with E-state index in [9.17, 15) is 4.79 Å². The molecule has 4 saturated carbocycles. The highest BCUT2D eigenvalue weighted by molar-refractivity contribution is 5.95. The zero-order valence-electron chi connectivity index (χ0n) is 14.6. The van der Waals surface area contributed by atoms with E-state index in [2.05, 4.69) is 5.32 Å². The third-order valence-corrected chi connectivity index (χ3v) is 6.14. The van der Waals surface area contributed by atoms with Gasteiger partial charge in [0.2, 0.25) is 0 Å². The SMILES string of the molecule is CCOc1cc(C(=O)NC23CC4CC(CC(C4)C2)C3)ccc1OC. The Balaban J connectivity index is 1.53. The molecular formula is C20H27NO3. The van der Waals surface area contributed by atoms with Gasteiger partial charge in [-0.15, -0.1) is 0 Å². The zero-order valence-corrected chi connectivity index (χ0v) is 14.6. The number of methoxy groups -OCH3 is 1. The quantitative estimate of drug-likeness (QED) is 0.894. The number of carbonyl (C=O) groups excluding carboxylic acids is 1. The first-order valence-electron chi connectivity index (χ1n) is 9.24. The molecule has 0 unspecified atom stereocenters. The molecule has 1 aromatic rings. The van der Waals surface area contributed by atoms with Crippen molar-refractivity contribution in [2.45, 2.75) is 51.0 Å². The summed E-state index contributed by atoms with van der Waals surface area (Å²) in [6.07, 6.45) is 7.64. The van der Waals surface area contributed by atoms with Crippen molar-refractivity contribution in [2.24, 2.45) is 17.8 Å². The van der Waals surface area contributed by atoms with Gasteiger partial charge in [0.25, 0.3) is 5.91 Å². The predicted molar refractivity (Wildman–Crippen MR) is 92.5 cm³/mol. The molecule has 4 fully saturated rings. The lowest BCUT2D eigenvalue weighted by molar-refractivity contribution is -0.0167. The lowest BCUT2D eigenvalue weighted by Gasteiger charge is -2.56. The van der Waals surface area contributed by atoms with Crippen LogP contribution in [-0.4, -0.2) is 25.2 Å². The van der Waals surface area contributed by atoms with Crippen LogP contribution in [0.4, 0.5) is 0 Å². The van der Waals surface area contributed by atoms with Crippen molar-refractivity contribution in [3.05, 3.63) is 23.8 Å². The molecule has 0 saturated heterocycles. The van der Waals surface area contributed by atoms with Crippen molar-refractivity contribution in [1.82, 2.24) is 5.32 Å². The van der Waals surface area contributed by atoms with Crippen molar-refractivity contribution < 1.29 is 14.3 Å². The molecule has 0 atom stereocenters. The Kier molecular flexibility index (Phi) is 3.93. The lowest BCUT2D eigenvalue weighted by atomic mass is 9.53. The minimum absolute atomic E-state index is 0.0283. The monoisotopic (exact) mass is 329 g/mol. The first-order valence-corrected chi connectivity index (χ1v) is 9.24. The van der Waals surface area contributed by atoms with Crippen LogP contribution in [0.2, 0.25) is 0 Å². The summed E-state index contributed by atoms with van der Waals surface area (Å²) in [5.74, 6) is 3.81. The fourth-order valence-corrected chi connectivity index (χ4v) is 5.66. The van der Waals surface area contributed by atoms with Gasteiger partial charge in [-0.05, 0) is 81.4 Å². The molecule has 4 nitrogen and oxygen atoms in total. The average Bonchev–Trinajstić information content (AvgIpc) is 2.53. The van der Waals surface area contributed by atoms with E-state index in [4.69, 9.17) is 9.47 Å². The number of hydrogen-bond acceptors (Lipinski definition) is 3. The minimum atomic E-state index is 0.0283. The molecule has 130 valence electrons. The second kappa shape index (κ2) is 5.98. The molecule has 0 radical (unpaired) electrons. The third kappa shape index (κ3) is 2.76. The summed E-state index contributed by atoms with van der Waals surface area (Å²) in [6.45, 7) is 2.48.